The first-order valence-corrected chi connectivity index (χ1v) is 16.7. The van der Waals surface area contributed by atoms with Crippen LogP contribution in [0.5, 0.6) is 0 Å². The molecule has 7 aromatic carbocycles. The summed E-state index contributed by atoms with van der Waals surface area (Å²) in [5.74, 6) is 0.638. The molecule has 0 aliphatic carbocycles. The topological polar surface area (TPSA) is 31.0 Å². The van der Waals surface area contributed by atoms with Crippen LogP contribution in [0.1, 0.15) is 0 Å². The Kier molecular flexibility index (Phi) is 6.75. The monoisotopic (exact) mass is 714 g/mol. The number of oxazole rings is 1. The van der Waals surface area contributed by atoms with Crippen LogP contribution in [-0.2, 0) is 0 Å². The molecular weight excluding hydrogens is 687 g/mol. The first-order chi connectivity index (χ1) is 23.2. The molecule has 0 saturated carbocycles. The van der Waals surface area contributed by atoms with Crippen LogP contribution in [0.15, 0.2) is 168 Å². The van der Waals surface area contributed by atoms with E-state index in [0.717, 1.165) is 31.5 Å². The van der Waals surface area contributed by atoms with E-state index < -0.39 is 0 Å². The maximum Gasteiger partial charge on any atom is 0.227 e. The lowest BCUT2D eigenvalue weighted by Crippen LogP contribution is -1.94. The number of para-hydroxylation sites is 3. The lowest BCUT2D eigenvalue weighted by atomic mass is 9.89. The van der Waals surface area contributed by atoms with E-state index in [1.165, 1.54) is 49.6 Å². The third-order valence-electron chi connectivity index (χ3n) is 8.97. The average molecular weight is 715 g/mol. The van der Waals surface area contributed by atoms with Gasteiger partial charge in [0.05, 0.1) is 11.0 Å². The number of nitrogens with zero attached hydrogens (tertiary/aromatic N) is 2. The summed E-state index contributed by atoms with van der Waals surface area (Å²) in [5, 5.41) is 2.54. The highest BCUT2D eigenvalue weighted by Crippen LogP contribution is 2.39. The van der Waals surface area contributed by atoms with Gasteiger partial charge in [0.15, 0.2) is 5.58 Å². The van der Waals surface area contributed by atoms with E-state index in [0.29, 0.717) is 5.89 Å². The molecule has 0 spiro atoms. The molecular formula is C43H27IN2O. The van der Waals surface area contributed by atoms with Gasteiger partial charge in [-0.3, -0.25) is 0 Å². The maximum absolute atomic E-state index is 6.09. The molecule has 0 unspecified atom stereocenters. The van der Waals surface area contributed by atoms with Crippen molar-refractivity contribution in [3.63, 3.8) is 0 Å². The highest BCUT2D eigenvalue weighted by molar-refractivity contribution is 14.1. The molecule has 3 nitrogen and oxygen atoms in total. The summed E-state index contributed by atoms with van der Waals surface area (Å²) in [6.45, 7) is 0. The molecule has 0 fully saturated rings. The number of hydrogen-bond donors (Lipinski definition) is 0. The van der Waals surface area contributed by atoms with Crippen molar-refractivity contribution in [1.82, 2.24) is 9.55 Å². The lowest BCUT2D eigenvalue weighted by molar-refractivity contribution is 0.620. The normalized spacial score (nSPS) is 11.5. The molecule has 0 atom stereocenters. The van der Waals surface area contributed by atoms with Gasteiger partial charge < -0.3 is 8.98 Å². The fraction of sp³-hybridized carbons (Fsp3) is 0. The molecule has 0 aliphatic heterocycles. The zero-order valence-corrected chi connectivity index (χ0v) is 27.4. The second-order valence-corrected chi connectivity index (χ2v) is 12.9. The van der Waals surface area contributed by atoms with Crippen molar-refractivity contribution in [2.75, 3.05) is 0 Å². The Morgan fingerprint density at radius 2 is 0.936 bits per heavy atom. The maximum atomic E-state index is 6.09. The number of benzene rings is 7. The Balaban J connectivity index is 1.09. The molecule has 4 heteroatoms. The summed E-state index contributed by atoms with van der Waals surface area (Å²) in [5.41, 5.74) is 13.3. The molecule has 2 aromatic heterocycles. The van der Waals surface area contributed by atoms with Crippen molar-refractivity contribution in [1.29, 1.82) is 0 Å². The van der Waals surface area contributed by atoms with Gasteiger partial charge in [-0.2, -0.15) is 0 Å². The van der Waals surface area contributed by atoms with Gasteiger partial charge in [-0.05, 0) is 105 Å². The van der Waals surface area contributed by atoms with Crippen molar-refractivity contribution in [2.24, 2.45) is 0 Å². The molecule has 222 valence electrons. The number of halogens is 1. The van der Waals surface area contributed by atoms with Gasteiger partial charge in [-0.15, -0.1) is 0 Å². The van der Waals surface area contributed by atoms with Gasteiger partial charge in [-0.1, -0.05) is 115 Å². The van der Waals surface area contributed by atoms with E-state index >= 15 is 0 Å². The van der Waals surface area contributed by atoms with Gasteiger partial charge in [0, 0.05) is 25.6 Å². The number of fused-ring (bicyclic) bond motifs is 4. The van der Waals surface area contributed by atoms with E-state index in [1.54, 1.807) is 0 Å². The Hall–Kier alpha value is -5.46. The van der Waals surface area contributed by atoms with Gasteiger partial charge in [0.25, 0.3) is 0 Å². The van der Waals surface area contributed by atoms with E-state index in [2.05, 4.69) is 173 Å². The van der Waals surface area contributed by atoms with E-state index in [9.17, 15) is 0 Å². The fourth-order valence-corrected chi connectivity index (χ4v) is 7.35. The molecule has 2 heterocycles. The van der Waals surface area contributed by atoms with E-state index in [-0.39, 0.29) is 0 Å². The van der Waals surface area contributed by atoms with E-state index in [4.69, 9.17) is 9.40 Å². The Morgan fingerprint density at radius 3 is 1.51 bits per heavy atom. The summed E-state index contributed by atoms with van der Waals surface area (Å²) < 4.78 is 9.54. The van der Waals surface area contributed by atoms with Crippen LogP contribution in [0, 0.1) is 3.57 Å². The standard InChI is InChI=1S/C43H27IN2O/c44-38-16-9-19-41-42(38)45-43(47-41)30-22-20-28(21-23-30)32-10-1-3-12-34(32)35-13-4-2-11-33(35)29-24-26-31(27-25-29)46-39-17-7-5-14-36(39)37-15-6-8-18-40(37)46/h1-27H. The predicted octanol–water partition coefficient (Wildman–Crippen LogP) is 12.2. The summed E-state index contributed by atoms with van der Waals surface area (Å²) in [6.07, 6.45) is 0. The van der Waals surface area contributed by atoms with Gasteiger partial charge in [0.1, 0.15) is 5.52 Å². The molecule has 0 N–H and O–H groups in total. The molecule has 9 rings (SSSR count). The summed E-state index contributed by atoms with van der Waals surface area (Å²) in [7, 11) is 0. The Bertz CT molecular complexity index is 2520. The van der Waals surface area contributed by atoms with Crippen LogP contribution >= 0.6 is 22.6 Å². The number of aromatic nitrogens is 2. The van der Waals surface area contributed by atoms with Crippen LogP contribution in [0.3, 0.4) is 0 Å². The van der Waals surface area contributed by atoms with Crippen LogP contribution in [0.25, 0.3) is 83.4 Å². The molecule has 47 heavy (non-hydrogen) atoms. The van der Waals surface area contributed by atoms with Gasteiger partial charge in [0.2, 0.25) is 5.89 Å². The van der Waals surface area contributed by atoms with Crippen LogP contribution in [-0.4, -0.2) is 9.55 Å². The van der Waals surface area contributed by atoms with Crippen molar-refractivity contribution >= 4 is 55.5 Å². The molecule has 0 radical (unpaired) electrons. The van der Waals surface area contributed by atoms with Crippen molar-refractivity contribution in [3.8, 4) is 50.5 Å². The SMILES string of the molecule is Ic1cccc2oc(-c3ccc(-c4ccccc4-c4ccccc4-c4ccc(-n5c6ccccc6c6ccccc65)cc4)cc3)nc12. The highest BCUT2D eigenvalue weighted by atomic mass is 127. The quantitative estimate of drug-likeness (QED) is 0.166. The smallest absolute Gasteiger partial charge is 0.227 e. The number of rotatable bonds is 5. The zero-order valence-electron chi connectivity index (χ0n) is 25.3. The van der Waals surface area contributed by atoms with Gasteiger partial charge in [-0.25, -0.2) is 4.98 Å². The van der Waals surface area contributed by atoms with Crippen molar-refractivity contribution in [2.45, 2.75) is 0 Å². The minimum Gasteiger partial charge on any atom is -0.436 e. The van der Waals surface area contributed by atoms with Gasteiger partial charge >= 0.3 is 0 Å². The first-order valence-electron chi connectivity index (χ1n) is 15.7. The summed E-state index contributed by atoms with van der Waals surface area (Å²) in [4.78, 5) is 4.77. The Morgan fingerprint density at radius 1 is 0.447 bits per heavy atom. The highest BCUT2D eigenvalue weighted by Gasteiger charge is 2.16. The van der Waals surface area contributed by atoms with Crippen molar-refractivity contribution in [3.05, 3.63) is 167 Å². The molecule has 0 bridgehead atoms. The van der Waals surface area contributed by atoms with Crippen LogP contribution < -0.4 is 0 Å². The predicted molar refractivity (Wildman–Crippen MR) is 203 cm³/mol. The minimum atomic E-state index is 0.638. The Labute approximate surface area is 285 Å². The number of hydrogen-bond acceptors (Lipinski definition) is 2. The molecule has 0 aliphatic rings. The summed E-state index contributed by atoms with van der Waals surface area (Å²) in [6, 6.07) is 58.1. The zero-order chi connectivity index (χ0) is 31.3. The second kappa shape index (κ2) is 11.4. The fourth-order valence-electron chi connectivity index (χ4n) is 6.76. The van der Waals surface area contributed by atoms with Crippen LogP contribution in [0.2, 0.25) is 0 Å². The van der Waals surface area contributed by atoms with Crippen LogP contribution in [0.4, 0.5) is 0 Å². The summed E-state index contributed by atoms with van der Waals surface area (Å²) >= 11 is 2.31. The minimum absolute atomic E-state index is 0.638. The third-order valence-corrected chi connectivity index (χ3v) is 9.84. The lowest BCUT2D eigenvalue weighted by Gasteiger charge is -2.15. The van der Waals surface area contributed by atoms with Crippen molar-refractivity contribution < 1.29 is 4.42 Å². The molecule has 0 saturated heterocycles. The molecule has 9 aromatic rings. The third kappa shape index (κ3) is 4.75. The largest absolute Gasteiger partial charge is 0.436 e. The second-order valence-electron chi connectivity index (χ2n) is 11.7. The molecule has 0 amide bonds. The average Bonchev–Trinajstić information content (AvgIpc) is 3.73. The first kappa shape index (κ1) is 27.8. The van der Waals surface area contributed by atoms with E-state index in [1.807, 2.05) is 18.2 Å².